The van der Waals surface area contributed by atoms with Crippen LogP contribution in [-0.4, -0.2) is 21.1 Å². The zero-order valence-corrected chi connectivity index (χ0v) is 11.9. The van der Waals surface area contributed by atoms with Crippen molar-refractivity contribution in [3.8, 4) is 0 Å². The number of thiazole rings is 1. The number of rotatable bonds is 2. The average molecular weight is 284 g/mol. The molecule has 0 saturated heterocycles. The van der Waals surface area contributed by atoms with Crippen LogP contribution < -0.4 is 5.32 Å². The standard InChI is InChI=1S/C14H12N4OS/c1-8-3-5-10-12(7-8)20-14(15-10)16-13(19)11-6-4-9(2)17-18-11/h3-7H,1-2H3,(H,15,16,19). The summed E-state index contributed by atoms with van der Waals surface area (Å²) < 4.78 is 1.05. The predicted molar refractivity (Wildman–Crippen MR) is 79.1 cm³/mol. The number of carbonyl (C=O) groups excluding carboxylic acids is 1. The molecule has 0 spiro atoms. The quantitative estimate of drug-likeness (QED) is 0.785. The topological polar surface area (TPSA) is 67.8 Å². The van der Waals surface area contributed by atoms with E-state index in [1.807, 2.05) is 32.0 Å². The Bertz CT molecular complexity index is 779. The maximum Gasteiger partial charge on any atom is 0.277 e. The lowest BCUT2D eigenvalue weighted by atomic mass is 10.2. The van der Waals surface area contributed by atoms with E-state index in [1.54, 1.807) is 12.1 Å². The molecule has 2 heterocycles. The number of benzene rings is 1. The second-order valence-electron chi connectivity index (χ2n) is 4.50. The van der Waals surface area contributed by atoms with E-state index in [1.165, 1.54) is 16.9 Å². The fourth-order valence-electron chi connectivity index (χ4n) is 1.77. The molecular formula is C14H12N4OS. The lowest BCUT2D eigenvalue weighted by Gasteiger charge is -1.99. The van der Waals surface area contributed by atoms with Gasteiger partial charge >= 0.3 is 0 Å². The Labute approximate surface area is 119 Å². The lowest BCUT2D eigenvalue weighted by molar-refractivity contribution is 0.102. The van der Waals surface area contributed by atoms with E-state index in [-0.39, 0.29) is 11.6 Å². The molecule has 1 N–H and O–H groups in total. The zero-order chi connectivity index (χ0) is 14.1. The molecule has 0 aliphatic carbocycles. The maximum absolute atomic E-state index is 12.0. The Hall–Kier alpha value is -2.34. The Balaban J connectivity index is 1.85. The molecule has 0 radical (unpaired) electrons. The van der Waals surface area contributed by atoms with Gasteiger partial charge in [0, 0.05) is 0 Å². The summed E-state index contributed by atoms with van der Waals surface area (Å²) >= 11 is 1.45. The number of anilines is 1. The van der Waals surface area contributed by atoms with Crippen LogP contribution in [0.4, 0.5) is 5.13 Å². The third-order valence-electron chi connectivity index (χ3n) is 2.79. The Morgan fingerprint density at radius 3 is 2.75 bits per heavy atom. The maximum atomic E-state index is 12.0. The molecule has 2 aromatic heterocycles. The van der Waals surface area contributed by atoms with Gasteiger partial charge in [-0.15, -0.1) is 5.10 Å². The van der Waals surface area contributed by atoms with Crippen LogP contribution in [0, 0.1) is 13.8 Å². The highest BCUT2D eigenvalue weighted by molar-refractivity contribution is 7.22. The molecule has 6 heteroatoms. The van der Waals surface area contributed by atoms with Crippen LogP contribution in [0.2, 0.25) is 0 Å². The van der Waals surface area contributed by atoms with Gasteiger partial charge in [-0.1, -0.05) is 17.4 Å². The molecule has 0 atom stereocenters. The summed E-state index contributed by atoms with van der Waals surface area (Å²) in [4.78, 5) is 16.4. The van der Waals surface area contributed by atoms with Crippen molar-refractivity contribution in [2.24, 2.45) is 0 Å². The van der Waals surface area contributed by atoms with Crippen LogP contribution in [0.1, 0.15) is 21.7 Å². The van der Waals surface area contributed by atoms with E-state index in [0.717, 1.165) is 15.9 Å². The van der Waals surface area contributed by atoms with Crippen molar-refractivity contribution < 1.29 is 4.79 Å². The van der Waals surface area contributed by atoms with Gasteiger partial charge in [0.1, 0.15) is 0 Å². The number of amides is 1. The van der Waals surface area contributed by atoms with E-state index in [4.69, 9.17) is 0 Å². The number of nitrogens with zero attached hydrogens (tertiary/aromatic N) is 3. The van der Waals surface area contributed by atoms with Gasteiger partial charge in [-0.05, 0) is 43.7 Å². The van der Waals surface area contributed by atoms with Gasteiger partial charge in [0.15, 0.2) is 10.8 Å². The number of nitrogens with one attached hydrogen (secondary N) is 1. The molecular weight excluding hydrogens is 272 g/mol. The predicted octanol–water partition coefficient (Wildman–Crippen LogP) is 2.96. The normalized spacial score (nSPS) is 10.7. The highest BCUT2D eigenvalue weighted by Gasteiger charge is 2.11. The lowest BCUT2D eigenvalue weighted by Crippen LogP contribution is -2.14. The van der Waals surface area contributed by atoms with E-state index < -0.39 is 0 Å². The molecule has 0 saturated carbocycles. The molecule has 0 unspecified atom stereocenters. The number of aromatic nitrogens is 3. The van der Waals surface area contributed by atoms with Crippen molar-refractivity contribution in [2.45, 2.75) is 13.8 Å². The molecule has 0 aliphatic heterocycles. The largest absolute Gasteiger partial charge is 0.296 e. The molecule has 0 bridgehead atoms. The van der Waals surface area contributed by atoms with Crippen molar-refractivity contribution in [1.82, 2.24) is 15.2 Å². The molecule has 5 nitrogen and oxygen atoms in total. The highest BCUT2D eigenvalue weighted by Crippen LogP contribution is 2.26. The van der Waals surface area contributed by atoms with Gasteiger partial charge in [-0.25, -0.2) is 4.98 Å². The first kappa shape index (κ1) is 12.7. The third kappa shape index (κ3) is 2.50. The summed E-state index contributed by atoms with van der Waals surface area (Å²) in [5.74, 6) is -0.298. The van der Waals surface area contributed by atoms with Crippen molar-refractivity contribution >= 4 is 32.6 Å². The second-order valence-corrected chi connectivity index (χ2v) is 5.53. The minimum Gasteiger partial charge on any atom is -0.296 e. The van der Waals surface area contributed by atoms with Crippen LogP contribution in [0.3, 0.4) is 0 Å². The number of fused-ring (bicyclic) bond motifs is 1. The molecule has 0 aliphatic rings. The molecule has 0 fully saturated rings. The molecule has 20 heavy (non-hydrogen) atoms. The van der Waals surface area contributed by atoms with Gasteiger partial charge in [0.25, 0.3) is 5.91 Å². The minimum atomic E-state index is -0.298. The number of aryl methyl sites for hydroxylation is 2. The first-order chi connectivity index (χ1) is 9.61. The molecule has 1 aromatic carbocycles. The Kier molecular flexibility index (Phi) is 3.15. The van der Waals surface area contributed by atoms with Crippen molar-refractivity contribution in [3.63, 3.8) is 0 Å². The van der Waals surface area contributed by atoms with E-state index in [0.29, 0.717) is 5.13 Å². The smallest absolute Gasteiger partial charge is 0.277 e. The van der Waals surface area contributed by atoms with Gasteiger partial charge in [0.05, 0.1) is 15.9 Å². The number of hydrogen-bond donors (Lipinski definition) is 1. The van der Waals surface area contributed by atoms with Gasteiger partial charge in [-0.2, -0.15) is 5.10 Å². The van der Waals surface area contributed by atoms with Crippen LogP contribution in [0.25, 0.3) is 10.2 Å². The summed E-state index contributed by atoms with van der Waals surface area (Å²) in [6.45, 7) is 3.85. The first-order valence-electron chi connectivity index (χ1n) is 6.11. The van der Waals surface area contributed by atoms with Gasteiger partial charge in [-0.3, -0.25) is 10.1 Å². The second kappa shape index (κ2) is 4.97. The van der Waals surface area contributed by atoms with E-state index >= 15 is 0 Å². The molecule has 3 rings (SSSR count). The van der Waals surface area contributed by atoms with Crippen LogP contribution in [0.5, 0.6) is 0 Å². The van der Waals surface area contributed by atoms with Crippen molar-refractivity contribution in [2.75, 3.05) is 5.32 Å². The fourth-order valence-corrected chi connectivity index (χ4v) is 2.73. The van der Waals surface area contributed by atoms with Crippen LogP contribution in [0.15, 0.2) is 30.3 Å². The fraction of sp³-hybridized carbons (Fsp3) is 0.143. The van der Waals surface area contributed by atoms with Crippen LogP contribution >= 0.6 is 11.3 Å². The van der Waals surface area contributed by atoms with Crippen LogP contribution in [-0.2, 0) is 0 Å². The number of carbonyl (C=O) groups is 1. The zero-order valence-electron chi connectivity index (χ0n) is 11.0. The number of hydrogen-bond acceptors (Lipinski definition) is 5. The summed E-state index contributed by atoms with van der Waals surface area (Å²) in [6, 6.07) is 9.40. The van der Waals surface area contributed by atoms with E-state index in [9.17, 15) is 4.79 Å². The Morgan fingerprint density at radius 1 is 1.15 bits per heavy atom. The summed E-state index contributed by atoms with van der Waals surface area (Å²) in [6.07, 6.45) is 0. The minimum absolute atomic E-state index is 0.283. The van der Waals surface area contributed by atoms with Crippen molar-refractivity contribution in [1.29, 1.82) is 0 Å². The molecule has 3 aromatic rings. The summed E-state index contributed by atoms with van der Waals surface area (Å²) in [5, 5.41) is 11.0. The van der Waals surface area contributed by atoms with Gasteiger partial charge < -0.3 is 0 Å². The Morgan fingerprint density at radius 2 is 2.00 bits per heavy atom. The molecule has 100 valence electrons. The average Bonchev–Trinajstić information content (AvgIpc) is 2.80. The third-order valence-corrected chi connectivity index (χ3v) is 3.73. The summed E-state index contributed by atoms with van der Waals surface area (Å²) in [7, 11) is 0. The van der Waals surface area contributed by atoms with Gasteiger partial charge in [0.2, 0.25) is 0 Å². The summed E-state index contributed by atoms with van der Waals surface area (Å²) in [5.41, 5.74) is 3.11. The SMILES string of the molecule is Cc1ccc2nc(NC(=O)c3ccc(C)nn3)sc2c1. The van der Waals surface area contributed by atoms with E-state index in [2.05, 4.69) is 20.5 Å². The first-order valence-corrected chi connectivity index (χ1v) is 6.92. The molecule has 1 amide bonds. The monoisotopic (exact) mass is 284 g/mol. The van der Waals surface area contributed by atoms with Crippen molar-refractivity contribution in [3.05, 3.63) is 47.3 Å². The highest BCUT2D eigenvalue weighted by atomic mass is 32.1.